The summed E-state index contributed by atoms with van der Waals surface area (Å²) >= 11 is 0. The number of benzene rings is 1. The number of rotatable bonds is 5. The minimum Gasteiger partial charge on any atom is -0.496 e. The Balaban J connectivity index is 2.26. The first-order valence-electron chi connectivity index (χ1n) is 6.08. The molecule has 1 aromatic carbocycles. The molecule has 0 amide bonds. The zero-order chi connectivity index (χ0) is 13.0. The number of ether oxygens (including phenoxy) is 1. The van der Waals surface area contributed by atoms with Gasteiger partial charge in [0, 0.05) is 11.8 Å². The Bertz CT molecular complexity index is 520. The summed E-state index contributed by atoms with van der Waals surface area (Å²) in [7, 11) is 1.69. The second kappa shape index (κ2) is 5.69. The molecule has 0 bridgehead atoms. The van der Waals surface area contributed by atoms with E-state index in [9.17, 15) is 0 Å². The predicted molar refractivity (Wildman–Crippen MR) is 71.8 cm³/mol. The van der Waals surface area contributed by atoms with Crippen LogP contribution in [0, 0.1) is 6.92 Å². The minimum absolute atomic E-state index is 0.659. The maximum Gasteiger partial charge on any atom is 0.123 e. The summed E-state index contributed by atoms with van der Waals surface area (Å²) < 4.78 is 7.30. The Morgan fingerprint density at radius 3 is 2.83 bits per heavy atom. The zero-order valence-electron chi connectivity index (χ0n) is 10.9. The highest BCUT2D eigenvalue weighted by molar-refractivity contribution is 5.37. The van der Waals surface area contributed by atoms with Crippen LogP contribution in [0.25, 0.3) is 0 Å². The van der Waals surface area contributed by atoms with Crippen molar-refractivity contribution in [1.82, 2.24) is 9.78 Å². The largest absolute Gasteiger partial charge is 0.496 e. The molecule has 96 valence electrons. The second-order valence-electron chi connectivity index (χ2n) is 4.40. The van der Waals surface area contributed by atoms with E-state index >= 15 is 0 Å². The molecule has 0 unspecified atom stereocenters. The summed E-state index contributed by atoms with van der Waals surface area (Å²) in [6.45, 7) is 3.41. The molecule has 0 spiro atoms. The highest BCUT2D eigenvalue weighted by Gasteiger charge is 2.06. The summed E-state index contributed by atoms with van der Waals surface area (Å²) in [6, 6.07) is 6.20. The Hall–Kier alpha value is -1.81. The lowest BCUT2D eigenvalue weighted by Crippen LogP contribution is -2.06. The number of aryl methyl sites for hydroxylation is 1. The van der Waals surface area contributed by atoms with Crippen LogP contribution in [-0.2, 0) is 13.0 Å². The average Bonchev–Trinajstić information content (AvgIpc) is 2.76. The third kappa shape index (κ3) is 2.90. The van der Waals surface area contributed by atoms with Gasteiger partial charge in [0.1, 0.15) is 5.75 Å². The first kappa shape index (κ1) is 12.6. The Kier molecular flexibility index (Phi) is 3.99. The summed E-state index contributed by atoms with van der Waals surface area (Å²) in [5.41, 5.74) is 9.11. The fourth-order valence-electron chi connectivity index (χ4n) is 2.01. The molecule has 2 N–H and O–H groups in total. The molecule has 0 fully saturated rings. The minimum atomic E-state index is 0.659. The first-order valence-corrected chi connectivity index (χ1v) is 6.08. The van der Waals surface area contributed by atoms with E-state index in [1.807, 2.05) is 30.1 Å². The molecule has 0 aliphatic heterocycles. The summed E-state index contributed by atoms with van der Waals surface area (Å²) in [6.07, 6.45) is 4.76. The summed E-state index contributed by atoms with van der Waals surface area (Å²) in [5, 5.41) is 4.30. The van der Waals surface area contributed by atoms with Crippen LogP contribution in [0.3, 0.4) is 0 Å². The van der Waals surface area contributed by atoms with Crippen LogP contribution in [0.2, 0.25) is 0 Å². The molecule has 4 nitrogen and oxygen atoms in total. The molecule has 0 aliphatic carbocycles. The molecule has 0 aliphatic rings. The topological polar surface area (TPSA) is 53.1 Å². The Labute approximate surface area is 107 Å². The van der Waals surface area contributed by atoms with Gasteiger partial charge < -0.3 is 10.5 Å². The lowest BCUT2D eigenvalue weighted by atomic mass is 10.1. The van der Waals surface area contributed by atoms with E-state index in [2.05, 4.69) is 17.2 Å². The molecule has 0 saturated carbocycles. The highest BCUT2D eigenvalue weighted by Crippen LogP contribution is 2.21. The van der Waals surface area contributed by atoms with Crippen molar-refractivity contribution in [3.8, 4) is 5.75 Å². The van der Waals surface area contributed by atoms with Crippen molar-refractivity contribution in [3.05, 3.63) is 47.3 Å². The van der Waals surface area contributed by atoms with E-state index < -0.39 is 0 Å². The molecule has 1 aromatic heterocycles. The fraction of sp³-hybridized carbons (Fsp3) is 0.357. The lowest BCUT2D eigenvalue weighted by Gasteiger charge is -2.10. The van der Waals surface area contributed by atoms with Gasteiger partial charge >= 0.3 is 0 Å². The van der Waals surface area contributed by atoms with Crippen LogP contribution in [-0.4, -0.2) is 23.4 Å². The van der Waals surface area contributed by atoms with Crippen molar-refractivity contribution < 1.29 is 4.74 Å². The zero-order valence-corrected chi connectivity index (χ0v) is 10.9. The SMILES string of the molecule is COc1ccc(CCN)cc1Cn1cc(C)cn1. The number of aromatic nitrogens is 2. The fourth-order valence-corrected chi connectivity index (χ4v) is 2.01. The third-order valence-electron chi connectivity index (χ3n) is 2.87. The molecule has 2 aromatic rings. The standard InChI is InChI=1S/C14H19N3O/c1-11-8-16-17(9-11)10-13-7-12(5-6-15)3-4-14(13)18-2/h3-4,7-9H,5-6,10,15H2,1-2H3. The third-order valence-corrected chi connectivity index (χ3v) is 2.87. The van der Waals surface area contributed by atoms with Crippen molar-refractivity contribution in [2.45, 2.75) is 19.9 Å². The number of hydrogen-bond donors (Lipinski definition) is 1. The Morgan fingerprint density at radius 1 is 1.39 bits per heavy atom. The van der Waals surface area contributed by atoms with Gasteiger partial charge in [-0.1, -0.05) is 12.1 Å². The van der Waals surface area contributed by atoms with Gasteiger partial charge in [-0.15, -0.1) is 0 Å². The van der Waals surface area contributed by atoms with Crippen molar-refractivity contribution in [2.24, 2.45) is 5.73 Å². The van der Waals surface area contributed by atoms with Gasteiger partial charge in [-0.3, -0.25) is 4.68 Å². The van der Waals surface area contributed by atoms with Crippen LogP contribution in [0.1, 0.15) is 16.7 Å². The highest BCUT2D eigenvalue weighted by atomic mass is 16.5. The normalized spacial score (nSPS) is 10.6. The van der Waals surface area contributed by atoms with Gasteiger partial charge in [0.2, 0.25) is 0 Å². The number of nitrogens with two attached hydrogens (primary N) is 1. The van der Waals surface area contributed by atoms with E-state index in [1.54, 1.807) is 7.11 Å². The maximum atomic E-state index is 5.59. The Morgan fingerprint density at radius 2 is 2.22 bits per heavy atom. The van der Waals surface area contributed by atoms with Crippen molar-refractivity contribution in [2.75, 3.05) is 13.7 Å². The second-order valence-corrected chi connectivity index (χ2v) is 4.40. The summed E-state index contributed by atoms with van der Waals surface area (Å²) in [5.74, 6) is 0.893. The molecule has 0 saturated heterocycles. The van der Waals surface area contributed by atoms with E-state index in [1.165, 1.54) is 5.56 Å². The molecule has 1 heterocycles. The van der Waals surface area contributed by atoms with Crippen LogP contribution < -0.4 is 10.5 Å². The van der Waals surface area contributed by atoms with E-state index in [0.29, 0.717) is 6.54 Å². The molecule has 4 heteroatoms. The molecule has 18 heavy (non-hydrogen) atoms. The van der Waals surface area contributed by atoms with Crippen LogP contribution in [0.4, 0.5) is 0 Å². The monoisotopic (exact) mass is 245 g/mol. The van der Waals surface area contributed by atoms with Gasteiger partial charge in [-0.2, -0.15) is 5.10 Å². The molecular formula is C14H19N3O. The average molecular weight is 245 g/mol. The smallest absolute Gasteiger partial charge is 0.123 e. The summed E-state index contributed by atoms with van der Waals surface area (Å²) in [4.78, 5) is 0. The molecular weight excluding hydrogens is 226 g/mol. The van der Waals surface area contributed by atoms with Gasteiger partial charge in [-0.05, 0) is 37.1 Å². The number of nitrogens with zero attached hydrogens (tertiary/aromatic N) is 2. The maximum absolute atomic E-state index is 5.59. The van der Waals surface area contributed by atoms with Gasteiger partial charge in [0.15, 0.2) is 0 Å². The quantitative estimate of drug-likeness (QED) is 0.873. The van der Waals surface area contributed by atoms with E-state index in [-0.39, 0.29) is 0 Å². The van der Waals surface area contributed by atoms with Gasteiger partial charge in [0.05, 0.1) is 19.9 Å². The molecule has 0 radical (unpaired) electrons. The lowest BCUT2D eigenvalue weighted by molar-refractivity contribution is 0.407. The number of hydrogen-bond acceptors (Lipinski definition) is 3. The van der Waals surface area contributed by atoms with Crippen LogP contribution >= 0.6 is 0 Å². The van der Waals surface area contributed by atoms with E-state index in [4.69, 9.17) is 10.5 Å². The van der Waals surface area contributed by atoms with Crippen molar-refractivity contribution >= 4 is 0 Å². The predicted octanol–water partition coefficient (Wildman–Crippen LogP) is 1.75. The van der Waals surface area contributed by atoms with Gasteiger partial charge in [-0.25, -0.2) is 0 Å². The number of methoxy groups -OCH3 is 1. The van der Waals surface area contributed by atoms with Crippen LogP contribution in [0.5, 0.6) is 5.75 Å². The first-order chi connectivity index (χ1) is 8.72. The van der Waals surface area contributed by atoms with Gasteiger partial charge in [0.25, 0.3) is 0 Å². The van der Waals surface area contributed by atoms with Crippen molar-refractivity contribution in [1.29, 1.82) is 0 Å². The van der Waals surface area contributed by atoms with E-state index in [0.717, 1.165) is 29.8 Å². The van der Waals surface area contributed by atoms with Crippen molar-refractivity contribution in [3.63, 3.8) is 0 Å². The molecule has 2 rings (SSSR count). The van der Waals surface area contributed by atoms with Crippen LogP contribution in [0.15, 0.2) is 30.6 Å². The molecule has 0 atom stereocenters.